The molecule has 0 bridgehead atoms. The van der Waals surface area contributed by atoms with Crippen LogP contribution in [0.5, 0.6) is 0 Å². The van der Waals surface area contributed by atoms with Crippen molar-refractivity contribution >= 4 is 11.2 Å². The first-order chi connectivity index (χ1) is 16.5. The van der Waals surface area contributed by atoms with Gasteiger partial charge < -0.3 is 9.15 Å². The van der Waals surface area contributed by atoms with Crippen LogP contribution in [0.25, 0.3) is 22.4 Å². The van der Waals surface area contributed by atoms with Gasteiger partial charge in [0.05, 0.1) is 17.6 Å². The smallest absolute Gasteiger partial charge is 0.197 e. The van der Waals surface area contributed by atoms with Gasteiger partial charge in [-0.15, -0.1) is 0 Å². The lowest BCUT2D eigenvalue weighted by molar-refractivity contribution is -0.00895. The van der Waals surface area contributed by atoms with Gasteiger partial charge in [-0.1, -0.05) is 0 Å². The van der Waals surface area contributed by atoms with Crippen LogP contribution in [0.3, 0.4) is 0 Å². The van der Waals surface area contributed by atoms with Gasteiger partial charge >= 0.3 is 0 Å². The summed E-state index contributed by atoms with van der Waals surface area (Å²) in [5.74, 6) is 1.05. The highest BCUT2D eigenvalue weighted by Crippen LogP contribution is 2.42. The number of aromatic nitrogens is 5. The Hall–Kier alpha value is -3.33. The predicted octanol–water partition coefficient (Wildman–Crippen LogP) is 5.48. The Morgan fingerprint density at radius 3 is 2.56 bits per heavy atom. The van der Waals surface area contributed by atoms with Crippen molar-refractivity contribution in [1.29, 1.82) is 0 Å². The molecule has 4 heterocycles. The standard InChI is InChI=1S/C25H23F2N5O2/c1-12-13(2)30-24-22(29-12)21(17-6-5-16(26)10-18(17)27)31-23(32-24)15-7-8-33-19(9-15)20-11-28-25(34-20)14-3-4-14/h5-6,10-11,14-15,19H,3-4,7-9H2,1-2H3/t15-,19+/m0/s1. The van der Waals surface area contributed by atoms with Crippen LogP contribution in [0.15, 0.2) is 28.8 Å². The third kappa shape index (κ3) is 3.83. The van der Waals surface area contributed by atoms with Gasteiger partial charge in [-0.3, -0.25) is 0 Å². The van der Waals surface area contributed by atoms with Crippen LogP contribution in [0, 0.1) is 25.5 Å². The molecule has 2 atom stereocenters. The molecule has 1 aliphatic carbocycles. The Morgan fingerprint density at radius 1 is 0.941 bits per heavy atom. The first kappa shape index (κ1) is 21.2. The highest BCUT2D eigenvalue weighted by molar-refractivity contribution is 5.87. The molecule has 3 aromatic heterocycles. The summed E-state index contributed by atoms with van der Waals surface area (Å²) in [7, 11) is 0. The Balaban J connectivity index is 1.41. The van der Waals surface area contributed by atoms with E-state index in [9.17, 15) is 8.78 Å². The first-order valence-electron chi connectivity index (χ1n) is 11.5. The molecule has 0 spiro atoms. The highest BCUT2D eigenvalue weighted by atomic mass is 19.1. The van der Waals surface area contributed by atoms with Crippen LogP contribution in [-0.4, -0.2) is 31.5 Å². The van der Waals surface area contributed by atoms with Gasteiger partial charge in [0.2, 0.25) is 0 Å². The van der Waals surface area contributed by atoms with Crippen molar-refractivity contribution < 1.29 is 17.9 Å². The molecule has 6 rings (SSSR count). The zero-order valence-electron chi connectivity index (χ0n) is 18.9. The maximum Gasteiger partial charge on any atom is 0.197 e. The molecule has 0 unspecified atom stereocenters. The quantitative estimate of drug-likeness (QED) is 0.396. The van der Waals surface area contributed by atoms with Crippen LogP contribution >= 0.6 is 0 Å². The van der Waals surface area contributed by atoms with Crippen LogP contribution in [0.1, 0.15) is 72.5 Å². The van der Waals surface area contributed by atoms with Gasteiger partial charge in [0, 0.05) is 30.1 Å². The molecule has 1 saturated heterocycles. The Kier molecular flexibility index (Phi) is 5.09. The first-order valence-corrected chi connectivity index (χ1v) is 11.5. The summed E-state index contributed by atoms with van der Waals surface area (Å²) in [6.07, 6.45) is 5.03. The number of nitrogens with zero attached hydrogens (tertiary/aromatic N) is 5. The van der Waals surface area contributed by atoms with Crippen LogP contribution in [-0.2, 0) is 4.74 Å². The van der Waals surface area contributed by atoms with E-state index in [1.807, 2.05) is 13.8 Å². The second kappa shape index (κ2) is 8.16. The Morgan fingerprint density at radius 2 is 1.76 bits per heavy atom. The van der Waals surface area contributed by atoms with E-state index in [0.717, 1.165) is 30.5 Å². The number of aryl methyl sites for hydroxylation is 2. The summed E-state index contributed by atoms with van der Waals surface area (Å²) in [5.41, 5.74) is 2.71. The number of hydrogen-bond donors (Lipinski definition) is 0. The SMILES string of the molecule is Cc1nc2nc([C@H]3CCO[C@@H](c4cnc(C5CC5)o4)C3)nc(-c3ccc(F)cc3F)c2nc1C. The number of rotatable bonds is 4. The second-order valence-corrected chi connectivity index (χ2v) is 9.08. The monoisotopic (exact) mass is 463 g/mol. The minimum Gasteiger partial charge on any atom is -0.443 e. The summed E-state index contributed by atoms with van der Waals surface area (Å²) in [6, 6.07) is 3.45. The molecule has 4 aromatic rings. The van der Waals surface area contributed by atoms with Gasteiger partial charge in [0.15, 0.2) is 17.3 Å². The molecule has 0 N–H and O–H groups in total. The molecule has 2 fully saturated rings. The van der Waals surface area contributed by atoms with Crippen LogP contribution in [0.4, 0.5) is 8.78 Å². The summed E-state index contributed by atoms with van der Waals surface area (Å²) in [6.45, 7) is 4.19. The molecule has 0 radical (unpaired) electrons. The maximum absolute atomic E-state index is 14.8. The van der Waals surface area contributed by atoms with E-state index in [0.29, 0.717) is 59.5 Å². The third-order valence-electron chi connectivity index (χ3n) is 6.58. The van der Waals surface area contributed by atoms with Crippen molar-refractivity contribution in [1.82, 2.24) is 24.9 Å². The summed E-state index contributed by atoms with van der Waals surface area (Å²) in [5, 5.41) is 0. The van der Waals surface area contributed by atoms with Crippen molar-refractivity contribution in [3.05, 3.63) is 64.9 Å². The summed E-state index contributed by atoms with van der Waals surface area (Å²) >= 11 is 0. The molecular weight excluding hydrogens is 440 g/mol. The van der Waals surface area contributed by atoms with Gasteiger partial charge in [0.1, 0.15) is 34.8 Å². The zero-order valence-corrected chi connectivity index (χ0v) is 18.9. The van der Waals surface area contributed by atoms with Gasteiger partial charge in [0.25, 0.3) is 0 Å². The molecule has 0 amide bonds. The van der Waals surface area contributed by atoms with Crippen molar-refractivity contribution in [2.24, 2.45) is 0 Å². The fourth-order valence-corrected chi connectivity index (χ4v) is 4.38. The Bertz CT molecular complexity index is 1400. The molecule has 9 heteroatoms. The predicted molar refractivity (Wildman–Crippen MR) is 119 cm³/mol. The lowest BCUT2D eigenvalue weighted by atomic mass is 9.93. The molecule has 2 aliphatic rings. The average molecular weight is 463 g/mol. The number of oxazole rings is 1. The fourth-order valence-electron chi connectivity index (χ4n) is 4.38. The molecule has 174 valence electrons. The van der Waals surface area contributed by atoms with E-state index in [1.165, 1.54) is 12.1 Å². The number of ether oxygens (including phenoxy) is 1. The average Bonchev–Trinajstić information content (AvgIpc) is 3.56. The van der Waals surface area contributed by atoms with Crippen molar-refractivity contribution in [3.63, 3.8) is 0 Å². The van der Waals surface area contributed by atoms with Crippen LogP contribution in [0.2, 0.25) is 0 Å². The van der Waals surface area contributed by atoms with Gasteiger partial charge in [-0.2, -0.15) is 0 Å². The minimum absolute atomic E-state index is 0.0525. The highest BCUT2D eigenvalue weighted by Gasteiger charge is 2.33. The molecule has 1 aromatic carbocycles. The van der Waals surface area contributed by atoms with Crippen molar-refractivity contribution in [3.8, 4) is 11.3 Å². The van der Waals surface area contributed by atoms with Crippen LogP contribution < -0.4 is 0 Å². The second-order valence-electron chi connectivity index (χ2n) is 9.08. The van der Waals surface area contributed by atoms with E-state index in [-0.39, 0.29) is 17.6 Å². The summed E-state index contributed by atoms with van der Waals surface area (Å²) in [4.78, 5) is 23.1. The van der Waals surface area contributed by atoms with Crippen molar-refractivity contribution in [2.45, 2.75) is 57.5 Å². The zero-order chi connectivity index (χ0) is 23.4. The molecule has 7 nitrogen and oxygen atoms in total. The number of hydrogen-bond acceptors (Lipinski definition) is 7. The number of benzene rings is 1. The third-order valence-corrected chi connectivity index (χ3v) is 6.58. The largest absolute Gasteiger partial charge is 0.443 e. The lowest BCUT2D eigenvalue weighted by Crippen LogP contribution is -2.20. The number of fused-ring (bicyclic) bond motifs is 1. The molecule has 1 saturated carbocycles. The van der Waals surface area contributed by atoms with Gasteiger partial charge in [-0.05, 0) is 51.7 Å². The maximum atomic E-state index is 14.8. The van der Waals surface area contributed by atoms with E-state index in [2.05, 4.69) is 15.0 Å². The lowest BCUT2D eigenvalue weighted by Gasteiger charge is -2.27. The molecular formula is C25H23F2N5O2. The molecule has 34 heavy (non-hydrogen) atoms. The van der Waals surface area contributed by atoms with E-state index >= 15 is 0 Å². The minimum atomic E-state index is -0.704. The van der Waals surface area contributed by atoms with E-state index in [1.54, 1.807) is 6.20 Å². The normalized spacial score (nSPS) is 20.7. The molecule has 1 aliphatic heterocycles. The number of halogens is 2. The van der Waals surface area contributed by atoms with Gasteiger partial charge in [-0.25, -0.2) is 33.7 Å². The summed E-state index contributed by atoms with van der Waals surface area (Å²) < 4.78 is 40.3. The van der Waals surface area contributed by atoms with E-state index in [4.69, 9.17) is 19.1 Å². The fraction of sp³-hybridized carbons (Fsp3) is 0.400. The topological polar surface area (TPSA) is 86.8 Å². The van der Waals surface area contributed by atoms with Crippen molar-refractivity contribution in [2.75, 3.05) is 6.61 Å². The Labute approximate surface area is 194 Å². The van der Waals surface area contributed by atoms with E-state index < -0.39 is 11.6 Å².